The van der Waals surface area contributed by atoms with E-state index in [-0.39, 0.29) is 0 Å². The van der Waals surface area contributed by atoms with Gasteiger partial charge in [-0.25, -0.2) is 0 Å². The molecule has 17 heavy (non-hydrogen) atoms. The zero-order valence-corrected chi connectivity index (χ0v) is 11.7. The summed E-state index contributed by atoms with van der Waals surface area (Å²) in [7, 11) is 3.99. The molecule has 0 saturated heterocycles. The highest BCUT2D eigenvalue weighted by molar-refractivity contribution is 6.35. The van der Waals surface area contributed by atoms with Gasteiger partial charge in [0.05, 0.1) is 5.02 Å². The first-order valence-electron chi connectivity index (χ1n) is 5.50. The standard InChI is InChI=1S/C12H18Cl2N2O/c1-16(2)5-6-17-12-9(3-4-15)7-10(13)8-11(12)14/h7-8H,3-6,15H2,1-2H3. The summed E-state index contributed by atoms with van der Waals surface area (Å²) < 4.78 is 5.70. The third-order valence-corrected chi connectivity index (χ3v) is 2.78. The second kappa shape index (κ2) is 7.07. The van der Waals surface area contributed by atoms with E-state index >= 15 is 0 Å². The van der Waals surface area contributed by atoms with E-state index in [1.165, 1.54) is 0 Å². The molecule has 0 atom stereocenters. The molecule has 1 aromatic carbocycles. The smallest absolute Gasteiger partial charge is 0.141 e. The molecule has 0 spiro atoms. The van der Waals surface area contributed by atoms with E-state index < -0.39 is 0 Å². The van der Waals surface area contributed by atoms with Gasteiger partial charge >= 0.3 is 0 Å². The van der Waals surface area contributed by atoms with Crippen molar-refractivity contribution in [3.63, 3.8) is 0 Å². The van der Waals surface area contributed by atoms with Gasteiger partial charge < -0.3 is 15.4 Å². The molecule has 0 bridgehead atoms. The normalized spacial score (nSPS) is 10.9. The fraction of sp³-hybridized carbons (Fsp3) is 0.500. The van der Waals surface area contributed by atoms with Crippen molar-refractivity contribution in [3.05, 3.63) is 27.7 Å². The topological polar surface area (TPSA) is 38.5 Å². The second-order valence-electron chi connectivity index (χ2n) is 4.07. The van der Waals surface area contributed by atoms with Crippen LogP contribution < -0.4 is 10.5 Å². The van der Waals surface area contributed by atoms with E-state index in [1.54, 1.807) is 6.07 Å². The molecule has 1 aromatic rings. The van der Waals surface area contributed by atoms with Crippen LogP contribution in [0.5, 0.6) is 5.75 Å². The minimum absolute atomic E-state index is 0.541. The third kappa shape index (κ3) is 4.72. The Morgan fingerprint density at radius 1 is 1.29 bits per heavy atom. The lowest BCUT2D eigenvalue weighted by Crippen LogP contribution is -2.20. The number of nitrogens with zero attached hydrogens (tertiary/aromatic N) is 1. The summed E-state index contributed by atoms with van der Waals surface area (Å²) in [6.07, 6.45) is 0.706. The van der Waals surface area contributed by atoms with E-state index in [0.29, 0.717) is 35.4 Å². The monoisotopic (exact) mass is 276 g/mol. The lowest BCUT2D eigenvalue weighted by molar-refractivity contribution is 0.259. The van der Waals surface area contributed by atoms with Crippen LogP contribution in [-0.4, -0.2) is 38.7 Å². The highest BCUT2D eigenvalue weighted by Crippen LogP contribution is 2.32. The summed E-state index contributed by atoms with van der Waals surface area (Å²) in [5.41, 5.74) is 6.52. The van der Waals surface area contributed by atoms with Gasteiger partial charge in [-0.2, -0.15) is 0 Å². The molecule has 0 radical (unpaired) electrons. The Morgan fingerprint density at radius 3 is 2.59 bits per heavy atom. The predicted octanol–water partition coefficient (Wildman–Crippen LogP) is 2.43. The van der Waals surface area contributed by atoms with Crippen LogP contribution in [0.1, 0.15) is 5.56 Å². The quantitative estimate of drug-likeness (QED) is 0.868. The van der Waals surface area contributed by atoms with E-state index in [0.717, 1.165) is 12.1 Å². The summed E-state index contributed by atoms with van der Waals surface area (Å²) in [4.78, 5) is 2.05. The predicted molar refractivity (Wildman–Crippen MR) is 73.3 cm³/mol. The van der Waals surface area contributed by atoms with Gasteiger partial charge in [-0.1, -0.05) is 23.2 Å². The summed E-state index contributed by atoms with van der Waals surface area (Å²) in [6, 6.07) is 3.54. The number of rotatable bonds is 6. The molecule has 0 aromatic heterocycles. The molecule has 0 aliphatic rings. The number of benzene rings is 1. The highest BCUT2D eigenvalue weighted by atomic mass is 35.5. The molecule has 5 heteroatoms. The van der Waals surface area contributed by atoms with Crippen LogP contribution in [0.25, 0.3) is 0 Å². The first-order chi connectivity index (χ1) is 8.04. The fourth-order valence-corrected chi connectivity index (χ4v) is 2.04. The Hall–Kier alpha value is -0.480. The van der Waals surface area contributed by atoms with Crippen molar-refractivity contribution in [1.29, 1.82) is 0 Å². The van der Waals surface area contributed by atoms with Crippen LogP contribution in [-0.2, 0) is 6.42 Å². The number of nitrogens with two attached hydrogens (primary N) is 1. The number of halogens is 2. The molecule has 0 heterocycles. The van der Waals surface area contributed by atoms with Crippen molar-refractivity contribution in [1.82, 2.24) is 4.90 Å². The SMILES string of the molecule is CN(C)CCOc1c(Cl)cc(Cl)cc1CCN. The zero-order chi connectivity index (χ0) is 12.8. The van der Waals surface area contributed by atoms with Crippen molar-refractivity contribution in [3.8, 4) is 5.75 Å². The molecule has 3 nitrogen and oxygen atoms in total. The summed E-state index contributed by atoms with van der Waals surface area (Å²) in [5, 5.41) is 1.15. The summed E-state index contributed by atoms with van der Waals surface area (Å²) >= 11 is 12.1. The molecular formula is C12H18Cl2N2O. The first kappa shape index (κ1) is 14.6. The van der Waals surface area contributed by atoms with E-state index in [1.807, 2.05) is 25.1 Å². The van der Waals surface area contributed by atoms with Crippen molar-refractivity contribution < 1.29 is 4.74 Å². The largest absolute Gasteiger partial charge is 0.490 e. The lowest BCUT2D eigenvalue weighted by Gasteiger charge is -2.15. The van der Waals surface area contributed by atoms with Gasteiger partial charge in [-0.3, -0.25) is 0 Å². The van der Waals surface area contributed by atoms with Crippen LogP contribution >= 0.6 is 23.2 Å². The number of hydrogen-bond donors (Lipinski definition) is 1. The lowest BCUT2D eigenvalue weighted by atomic mass is 10.1. The molecular weight excluding hydrogens is 259 g/mol. The maximum absolute atomic E-state index is 6.12. The average Bonchev–Trinajstić information content (AvgIpc) is 2.21. The molecule has 0 aliphatic heterocycles. The van der Waals surface area contributed by atoms with Crippen LogP contribution in [0, 0.1) is 0 Å². The summed E-state index contributed by atoms with van der Waals surface area (Å²) in [6.45, 7) is 1.97. The van der Waals surface area contributed by atoms with Crippen molar-refractivity contribution >= 4 is 23.2 Å². The van der Waals surface area contributed by atoms with Crippen molar-refractivity contribution in [2.45, 2.75) is 6.42 Å². The molecule has 0 amide bonds. The van der Waals surface area contributed by atoms with Gasteiger partial charge in [-0.05, 0) is 44.8 Å². The third-order valence-electron chi connectivity index (χ3n) is 2.28. The van der Waals surface area contributed by atoms with Crippen molar-refractivity contribution in [2.24, 2.45) is 5.73 Å². The maximum Gasteiger partial charge on any atom is 0.141 e. The average molecular weight is 277 g/mol. The molecule has 0 saturated carbocycles. The number of likely N-dealkylation sites (N-methyl/N-ethyl adjacent to an activating group) is 1. The zero-order valence-electron chi connectivity index (χ0n) is 10.2. The Morgan fingerprint density at radius 2 is 2.00 bits per heavy atom. The Bertz CT molecular complexity index is 370. The fourth-order valence-electron chi connectivity index (χ4n) is 1.45. The molecule has 0 unspecified atom stereocenters. The van der Waals surface area contributed by atoms with Gasteiger partial charge in [0.15, 0.2) is 0 Å². The first-order valence-corrected chi connectivity index (χ1v) is 6.25. The Kier molecular flexibility index (Phi) is 6.06. The van der Waals surface area contributed by atoms with Crippen LogP contribution in [0.3, 0.4) is 0 Å². The molecule has 96 valence electrons. The molecule has 0 aliphatic carbocycles. The van der Waals surface area contributed by atoms with Gasteiger partial charge in [0.2, 0.25) is 0 Å². The van der Waals surface area contributed by atoms with Crippen molar-refractivity contribution in [2.75, 3.05) is 33.8 Å². The van der Waals surface area contributed by atoms with E-state index in [9.17, 15) is 0 Å². The van der Waals surface area contributed by atoms with E-state index in [4.69, 9.17) is 33.7 Å². The molecule has 0 fully saturated rings. The minimum atomic E-state index is 0.541. The van der Waals surface area contributed by atoms with Crippen LogP contribution in [0.2, 0.25) is 10.0 Å². The van der Waals surface area contributed by atoms with E-state index in [2.05, 4.69) is 0 Å². The number of hydrogen-bond acceptors (Lipinski definition) is 3. The van der Waals surface area contributed by atoms with Gasteiger partial charge in [0.1, 0.15) is 12.4 Å². The highest BCUT2D eigenvalue weighted by Gasteiger charge is 2.10. The van der Waals surface area contributed by atoms with Crippen LogP contribution in [0.4, 0.5) is 0 Å². The van der Waals surface area contributed by atoms with Gasteiger partial charge in [-0.15, -0.1) is 0 Å². The minimum Gasteiger partial charge on any atom is -0.490 e. The Labute approximate surface area is 112 Å². The van der Waals surface area contributed by atoms with Gasteiger partial charge in [0.25, 0.3) is 0 Å². The maximum atomic E-state index is 6.12. The van der Waals surface area contributed by atoms with Crippen LogP contribution in [0.15, 0.2) is 12.1 Å². The second-order valence-corrected chi connectivity index (χ2v) is 4.91. The van der Waals surface area contributed by atoms with Gasteiger partial charge in [0, 0.05) is 11.6 Å². The Balaban J connectivity index is 2.80. The number of ether oxygens (including phenoxy) is 1. The summed E-state index contributed by atoms with van der Waals surface area (Å²) in [5.74, 6) is 0.698. The molecule has 1 rings (SSSR count). The molecule has 2 N–H and O–H groups in total.